The summed E-state index contributed by atoms with van der Waals surface area (Å²) in [6, 6.07) is 0.620. The van der Waals surface area contributed by atoms with Crippen molar-refractivity contribution >= 4 is 16.7 Å². The molecule has 0 aliphatic carbocycles. The molecule has 18 heavy (non-hydrogen) atoms. The summed E-state index contributed by atoms with van der Waals surface area (Å²) in [6.45, 7) is 0. The average molecular weight is 278 g/mol. The van der Waals surface area contributed by atoms with Gasteiger partial charge in [-0.2, -0.15) is 22.5 Å². The molecule has 1 aromatic heterocycles. The molecular weight excluding hydrogens is 265 g/mol. The maximum Gasteiger partial charge on any atom is 0.452 e. The highest BCUT2D eigenvalue weighted by atomic mass is 32.1. The minimum atomic E-state index is -4.46. The van der Waals surface area contributed by atoms with E-state index in [4.69, 9.17) is 5.73 Å². The van der Waals surface area contributed by atoms with Crippen molar-refractivity contribution in [3.05, 3.63) is 5.82 Å². The number of hydrogen-bond donors (Lipinski definition) is 1. The molecule has 2 N–H and O–H groups in total. The number of fused-ring (bicyclic) bond motifs is 2. The van der Waals surface area contributed by atoms with Crippen LogP contribution in [0, 0.1) is 0 Å². The largest absolute Gasteiger partial charge is 0.452 e. The first-order chi connectivity index (χ1) is 8.45. The van der Waals surface area contributed by atoms with Gasteiger partial charge in [0.25, 0.3) is 0 Å². The quantitative estimate of drug-likeness (QED) is 0.854. The zero-order chi connectivity index (χ0) is 12.9. The van der Waals surface area contributed by atoms with Gasteiger partial charge in [0.2, 0.25) is 11.0 Å². The third-order valence-electron chi connectivity index (χ3n) is 3.66. The maximum atomic E-state index is 12.5. The van der Waals surface area contributed by atoms with Crippen molar-refractivity contribution in [2.75, 3.05) is 4.90 Å². The predicted molar refractivity (Wildman–Crippen MR) is 61.4 cm³/mol. The molecule has 2 unspecified atom stereocenters. The van der Waals surface area contributed by atoms with E-state index in [9.17, 15) is 13.2 Å². The van der Waals surface area contributed by atoms with Crippen molar-refractivity contribution < 1.29 is 13.2 Å². The summed E-state index contributed by atoms with van der Waals surface area (Å²) >= 11 is 0.836. The molecule has 0 spiro atoms. The highest BCUT2D eigenvalue weighted by molar-refractivity contribution is 7.09. The lowest BCUT2D eigenvalue weighted by Crippen LogP contribution is -2.47. The number of halogens is 3. The van der Waals surface area contributed by atoms with Gasteiger partial charge in [0.05, 0.1) is 0 Å². The lowest BCUT2D eigenvalue weighted by molar-refractivity contribution is -0.144. The summed E-state index contributed by atoms with van der Waals surface area (Å²) in [6.07, 6.45) is -0.826. The van der Waals surface area contributed by atoms with Gasteiger partial charge >= 0.3 is 6.18 Å². The first kappa shape index (κ1) is 12.2. The van der Waals surface area contributed by atoms with Gasteiger partial charge in [-0.25, -0.2) is 0 Å². The van der Waals surface area contributed by atoms with Crippen molar-refractivity contribution in [3.63, 3.8) is 0 Å². The standard InChI is InChI=1S/C10H13F3N4S/c11-10(12,13)8-15-9(18-16-8)17-6-1-2-7(17)4-5(14)3-6/h5-7H,1-4,14H2. The molecule has 2 bridgehead atoms. The van der Waals surface area contributed by atoms with E-state index in [2.05, 4.69) is 9.36 Å². The first-order valence-electron chi connectivity index (χ1n) is 5.90. The summed E-state index contributed by atoms with van der Waals surface area (Å²) in [5.74, 6) is -1.03. The van der Waals surface area contributed by atoms with E-state index < -0.39 is 12.0 Å². The second-order valence-electron chi connectivity index (χ2n) is 4.92. The molecule has 0 saturated carbocycles. The van der Waals surface area contributed by atoms with E-state index >= 15 is 0 Å². The van der Waals surface area contributed by atoms with Crippen LogP contribution in [0.2, 0.25) is 0 Å². The number of aromatic nitrogens is 2. The second kappa shape index (κ2) is 4.06. The monoisotopic (exact) mass is 278 g/mol. The Kier molecular flexibility index (Phi) is 2.74. The van der Waals surface area contributed by atoms with Gasteiger partial charge in [0, 0.05) is 29.7 Å². The Hall–Kier alpha value is -0.890. The summed E-state index contributed by atoms with van der Waals surface area (Å²) in [5, 5.41) is 0.390. The Bertz CT molecular complexity index is 433. The second-order valence-corrected chi connectivity index (χ2v) is 5.65. The molecule has 100 valence electrons. The molecule has 1 aromatic rings. The summed E-state index contributed by atoms with van der Waals surface area (Å²) in [7, 11) is 0. The lowest BCUT2D eigenvalue weighted by atomic mass is 9.99. The van der Waals surface area contributed by atoms with Crippen molar-refractivity contribution in [2.24, 2.45) is 5.73 Å². The number of nitrogens with two attached hydrogens (primary N) is 1. The normalized spacial score (nSPS) is 32.0. The third kappa shape index (κ3) is 1.97. The highest BCUT2D eigenvalue weighted by Gasteiger charge is 2.43. The number of piperidine rings is 1. The zero-order valence-electron chi connectivity index (χ0n) is 9.52. The van der Waals surface area contributed by atoms with Gasteiger partial charge in [-0.3, -0.25) is 0 Å². The van der Waals surface area contributed by atoms with E-state index in [0.29, 0.717) is 5.13 Å². The molecule has 3 heterocycles. The Labute approximate surface area is 106 Å². The fraction of sp³-hybridized carbons (Fsp3) is 0.800. The molecule has 2 aliphatic heterocycles. The molecule has 2 saturated heterocycles. The highest BCUT2D eigenvalue weighted by Crippen LogP contribution is 2.40. The molecule has 2 aliphatic rings. The van der Waals surface area contributed by atoms with E-state index in [1.54, 1.807) is 0 Å². The van der Waals surface area contributed by atoms with Crippen molar-refractivity contribution in [3.8, 4) is 0 Å². The van der Waals surface area contributed by atoms with Crippen molar-refractivity contribution in [2.45, 2.75) is 50.0 Å². The van der Waals surface area contributed by atoms with Gasteiger partial charge in [-0.05, 0) is 25.7 Å². The van der Waals surface area contributed by atoms with Crippen LogP contribution in [0.5, 0.6) is 0 Å². The molecular formula is C10H13F3N4S. The van der Waals surface area contributed by atoms with Gasteiger partial charge in [-0.1, -0.05) is 0 Å². The molecule has 2 atom stereocenters. The average Bonchev–Trinajstić information content (AvgIpc) is 2.81. The van der Waals surface area contributed by atoms with Crippen LogP contribution in [0.25, 0.3) is 0 Å². The van der Waals surface area contributed by atoms with Gasteiger partial charge < -0.3 is 10.6 Å². The molecule has 8 heteroatoms. The maximum absolute atomic E-state index is 12.5. The van der Waals surface area contributed by atoms with Gasteiger partial charge in [0.1, 0.15) is 0 Å². The lowest BCUT2D eigenvalue weighted by Gasteiger charge is -2.37. The Morgan fingerprint density at radius 1 is 1.22 bits per heavy atom. The zero-order valence-corrected chi connectivity index (χ0v) is 10.3. The Balaban J connectivity index is 1.86. The minimum Gasteiger partial charge on any atom is -0.341 e. The van der Waals surface area contributed by atoms with Crippen LogP contribution in [0.3, 0.4) is 0 Å². The fourth-order valence-electron chi connectivity index (χ4n) is 2.97. The van der Waals surface area contributed by atoms with Crippen LogP contribution in [-0.2, 0) is 6.18 Å². The molecule has 0 aromatic carbocycles. The van der Waals surface area contributed by atoms with Crippen LogP contribution >= 0.6 is 11.5 Å². The fourth-order valence-corrected chi connectivity index (χ4v) is 3.80. The molecule has 4 nitrogen and oxygen atoms in total. The van der Waals surface area contributed by atoms with E-state index in [1.807, 2.05) is 4.90 Å². The topological polar surface area (TPSA) is 55.0 Å². The SMILES string of the molecule is NC1CC2CCC(C1)N2c1nc(C(F)(F)F)ns1. The molecule has 0 amide bonds. The third-order valence-corrected chi connectivity index (χ3v) is 4.39. The van der Waals surface area contributed by atoms with Crippen LogP contribution in [-0.4, -0.2) is 27.5 Å². The summed E-state index contributed by atoms with van der Waals surface area (Å²) in [4.78, 5) is 5.63. The number of anilines is 1. The predicted octanol–water partition coefficient (Wildman–Crippen LogP) is 2.02. The number of nitrogens with zero attached hydrogens (tertiary/aromatic N) is 3. The smallest absolute Gasteiger partial charge is 0.341 e. The van der Waals surface area contributed by atoms with Crippen LogP contribution < -0.4 is 10.6 Å². The van der Waals surface area contributed by atoms with Crippen molar-refractivity contribution in [1.29, 1.82) is 0 Å². The Morgan fingerprint density at radius 3 is 2.33 bits per heavy atom. The summed E-state index contributed by atoms with van der Waals surface area (Å²) < 4.78 is 40.9. The van der Waals surface area contributed by atoms with Gasteiger partial charge in [0.15, 0.2) is 0 Å². The van der Waals surface area contributed by atoms with Crippen LogP contribution in [0.1, 0.15) is 31.5 Å². The molecule has 0 radical (unpaired) electrons. The van der Waals surface area contributed by atoms with E-state index in [1.165, 1.54) is 0 Å². The van der Waals surface area contributed by atoms with Crippen LogP contribution in [0.15, 0.2) is 0 Å². The van der Waals surface area contributed by atoms with E-state index in [-0.39, 0.29) is 18.1 Å². The van der Waals surface area contributed by atoms with Crippen molar-refractivity contribution in [1.82, 2.24) is 9.36 Å². The number of alkyl halides is 3. The Morgan fingerprint density at radius 2 is 1.83 bits per heavy atom. The number of hydrogen-bond acceptors (Lipinski definition) is 5. The first-order valence-corrected chi connectivity index (χ1v) is 6.67. The molecule has 3 rings (SSSR count). The minimum absolute atomic E-state index is 0.161. The van der Waals surface area contributed by atoms with Crippen LogP contribution in [0.4, 0.5) is 18.3 Å². The number of rotatable bonds is 1. The van der Waals surface area contributed by atoms with E-state index in [0.717, 1.165) is 37.2 Å². The van der Waals surface area contributed by atoms with Gasteiger partial charge in [-0.15, -0.1) is 0 Å². The summed E-state index contributed by atoms with van der Waals surface area (Å²) in [5.41, 5.74) is 5.93. The molecule has 2 fully saturated rings.